The normalized spacial score (nSPS) is 7.36. The Labute approximate surface area is 142 Å². The van der Waals surface area contributed by atoms with E-state index in [1.165, 1.54) is 41.5 Å². The van der Waals surface area contributed by atoms with Gasteiger partial charge in [0, 0.05) is 41.5 Å². The van der Waals surface area contributed by atoms with E-state index < -0.39 is 0 Å². The topological polar surface area (TPSA) is 139 Å². The number of hydrogen-bond donors (Lipinski definition) is 3. The second kappa shape index (κ2) is 17.1. The molecule has 0 aromatic carbocycles. The molecule has 10 heteroatoms. The van der Waals surface area contributed by atoms with Crippen LogP contribution < -0.4 is 16.0 Å². The zero-order valence-electron chi connectivity index (χ0n) is 12.9. The van der Waals surface area contributed by atoms with Crippen LogP contribution in [0.5, 0.6) is 0 Å². The standard InChI is InChI=1S/3C4H7NO2.Ga.3H/c3*1-3(6)5-4(2)7;;;;/h3*1-2H3,(H,5,6,7);;;;. The maximum atomic E-state index is 9.92. The number of hydrogen-bond acceptors (Lipinski definition) is 6. The fraction of sp³-hybridized carbons (Fsp3) is 0.500. The minimum absolute atomic E-state index is 0. The van der Waals surface area contributed by atoms with Crippen molar-refractivity contribution in [2.24, 2.45) is 0 Å². The van der Waals surface area contributed by atoms with Crippen LogP contribution in [0.1, 0.15) is 41.5 Å². The molecule has 0 aliphatic carbocycles. The van der Waals surface area contributed by atoms with Gasteiger partial charge in [0.25, 0.3) is 0 Å². The molecule has 0 saturated heterocycles. The van der Waals surface area contributed by atoms with E-state index in [2.05, 4.69) is 0 Å². The summed E-state index contributed by atoms with van der Waals surface area (Å²) in [6.07, 6.45) is 0. The van der Waals surface area contributed by atoms with Gasteiger partial charge in [-0.15, -0.1) is 0 Å². The summed E-state index contributed by atoms with van der Waals surface area (Å²) < 4.78 is 0. The van der Waals surface area contributed by atoms with Crippen LogP contribution in [0.25, 0.3) is 0 Å². The molecule has 0 aliphatic rings. The van der Waals surface area contributed by atoms with Gasteiger partial charge in [0.2, 0.25) is 35.4 Å². The Hall–Kier alpha value is -1.94. The predicted molar refractivity (Wildman–Crippen MR) is 83.4 cm³/mol. The molecular formula is C12H24GaN3O6. The van der Waals surface area contributed by atoms with Crippen molar-refractivity contribution in [2.45, 2.75) is 41.5 Å². The number of amides is 6. The molecule has 9 nitrogen and oxygen atoms in total. The van der Waals surface area contributed by atoms with Crippen molar-refractivity contribution < 1.29 is 28.8 Å². The molecule has 0 bridgehead atoms. The van der Waals surface area contributed by atoms with Crippen molar-refractivity contribution in [1.82, 2.24) is 16.0 Å². The van der Waals surface area contributed by atoms with Crippen molar-refractivity contribution in [1.29, 1.82) is 0 Å². The molecule has 0 rings (SSSR count). The molecular weight excluding hydrogens is 352 g/mol. The van der Waals surface area contributed by atoms with Crippen LogP contribution in [0.15, 0.2) is 0 Å². The summed E-state index contributed by atoms with van der Waals surface area (Å²) in [7, 11) is 0. The summed E-state index contributed by atoms with van der Waals surface area (Å²) in [6.45, 7) is 7.76. The van der Waals surface area contributed by atoms with Gasteiger partial charge in [0.1, 0.15) is 0 Å². The molecule has 0 atom stereocenters. The summed E-state index contributed by atoms with van der Waals surface area (Å²) in [6, 6.07) is 0. The minimum atomic E-state index is -0.312. The first-order valence-electron chi connectivity index (χ1n) is 5.72. The number of imide groups is 3. The summed E-state index contributed by atoms with van der Waals surface area (Å²) in [5.74, 6) is -1.87. The maximum absolute atomic E-state index is 9.92. The summed E-state index contributed by atoms with van der Waals surface area (Å²) in [4.78, 5) is 59.5. The van der Waals surface area contributed by atoms with E-state index >= 15 is 0 Å². The third kappa shape index (κ3) is 51.9. The van der Waals surface area contributed by atoms with E-state index in [-0.39, 0.29) is 55.2 Å². The molecule has 0 aromatic heterocycles. The quantitative estimate of drug-likeness (QED) is 0.411. The zero-order valence-corrected chi connectivity index (χ0v) is 12.9. The zero-order chi connectivity index (χ0) is 17.6. The van der Waals surface area contributed by atoms with Gasteiger partial charge in [-0.1, -0.05) is 0 Å². The van der Waals surface area contributed by atoms with Crippen molar-refractivity contribution in [3.8, 4) is 0 Å². The molecule has 0 saturated carbocycles. The first-order valence-corrected chi connectivity index (χ1v) is 5.72. The average Bonchev–Trinajstić information content (AvgIpc) is 2.10. The summed E-state index contributed by atoms with van der Waals surface area (Å²) in [5.41, 5.74) is 0. The number of rotatable bonds is 0. The van der Waals surface area contributed by atoms with Gasteiger partial charge in [-0.05, 0) is 0 Å². The van der Waals surface area contributed by atoms with Crippen LogP contribution in [0.4, 0.5) is 0 Å². The third-order valence-corrected chi connectivity index (χ3v) is 1.06. The Balaban J connectivity index is -0.000000108. The van der Waals surface area contributed by atoms with Gasteiger partial charge in [-0.3, -0.25) is 44.7 Å². The van der Waals surface area contributed by atoms with Crippen molar-refractivity contribution in [3.05, 3.63) is 0 Å². The van der Waals surface area contributed by atoms with Crippen LogP contribution in [-0.2, 0) is 28.8 Å². The van der Waals surface area contributed by atoms with Crippen LogP contribution >= 0.6 is 0 Å². The SMILES string of the molecule is CC(=O)NC(C)=O.CC(=O)NC(C)=O.CC(=O)NC(C)=O.[GaH3]. The Morgan fingerprint density at radius 1 is 0.409 bits per heavy atom. The van der Waals surface area contributed by atoms with Crippen LogP contribution in [-0.4, -0.2) is 55.2 Å². The molecule has 6 amide bonds. The molecule has 22 heavy (non-hydrogen) atoms. The summed E-state index contributed by atoms with van der Waals surface area (Å²) >= 11 is 0. The second-order valence-corrected chi connectivity index (χ2v) is 3.71. The first kappa shape index (κ1) is 28.3. The molecule has 0 unspecified atom stereocenters. The molecule has 0 heterocycles. The molecule has 0 fully saturated rings. The van der Waals surface area contributed by atoms with Gasteiger partial charge in [0.05, 0.1) is 0 Å². The Morgan fingerprint density at radius 2 is 0.500 bits per heavy atom. The van der Waals surface area contributed by atoms with E-state index in [0.717, 1.165) is 0 Å². The molecule has 0 radical (unpaired) electrons. The first-order chi connectivity index (χ1) is 9.38. The number of carbonyl (C=O) groups excluding carboxylic acids is 6. The van der Waals surface area contributed by atoms with Crippen molar-refractivity contribution in [3.63, 3.8) is 0 Å². The van der Waals surface area contributed by atoms with E-state index in [0.29, 0.717) is 0 Å². The van der Waals surface area contributed by atoms with Gasteiger partial charge in [0.15, 0.2) is 0 Å². The molecule has 126 valence electrons. The monoisotopic (exact) mass is 375 g/mol. The average molecular weight is 376 g/mol. The van der Waals surface area contributed by atoms with E-state index in [9.17, 15) is 28.8 Å². The molecule has 0 spiro atoms. The summed E-state index contributed by atoms with van der Waals surface area (Å²) in [5, 5.41) is 6.08. The third-order valence-electron chi connectivity index (χ3n) is 1.06. The Kier molecular flexibility index (Phi) is 22.0. The van der Waals surface area contributed by atoms with Crippen LogP contribution in [0.3, 0.4) is 0 Å². The van der Waals surface area contributed by atoms with Crippen LogP contribution in [0, 0.1) is 0 Å². The van der Waals surface area contributed by atoms with Gasteiger partial charge < -0.3 is 0 Å². The molecule has 3 N–H and O–H groups in total. The fourth-order valence-corrected chi connectivity index (χ4v) is 0.744. The Bertz CT molecular complexity index is 325. The van der Waals surface area contributed by atoms with E-state index in [4.69, 9.17) is 0 Å². The van der Waals surface area contributed by atoms with E-state index in [1.54, 1.807) is 0 Å². The van der Waals surface area contributed by atoms with Crippen molar-refractivity contribution in [2.75, 3.05) is 0 Å². The number of nitrogens with one attached hydrogen (secondary N) is 3. The molecule has 0 aromatic rings. The van der Waals surface area contributed by atoms with Gasteiger partial charge in [-0.2, -0.15) is 0 Å². The van der Waals surface area contributed by atoms with Gasteiger partial charge >= 0.3 is 19.8 Å². The fourth-order valence-electron chi connectivity index (χ4n) is 0.744. The van der Waals surface area contributed by atoms with Crippen molar-refractivity contribution >= 4 is 55.2 Å². The van der Waals surface area contributed by atoms with Crippen LogP contribution in [0.2, 0.25) is 0 Å². The number of carbonyl (C=O) groups is 6. The predicted octanol–water partition coefficient (Wildman–Crippen LogP) is -2.18. The second-order valence-electron chi connectivity index (χ2n) is 3.71. The van der Waals surface area contributed by atoms with E-state index in [1.807, 2.05) is 16.0 Å². The molecule has 0 aliphatic heterocycles. The van der Waals surface area contributed by atoms with Gasteiger partial charge in [-0.25, -0.2) is 0 Å². The Morgan fingerprint density at radius 3 is 0.500 bits per heavy atom.